The van der Waals surface area contributed by atoms with E-state index in [1.54, 1.807) is 6.20 Å². The van der Waals surface area contributed by atoms with Gasteiger partial charge in [0, 0.05) is 12.4 Å². The first-order valence-electron chi connectivity index (χ1n) is 4.25. The largest absolute Gasteiger partial charge is 0.365 e. The number of thioether (sulfide) groups is 1. The summed E-state index contributed by atoms with van der Waals surface area (Å²) in [5.74, 6) is -0.404. The van der Waals surface area contributed by atoms with E-state index in [9.17, 15) is 4.79 Å². The SMILES string of the molecule is CC1(C)C=CN2C=C(C(N)=O)SC2=N1. The summed E-state index contributed by atoms with van der Waals surface area (Å²) in [4.78, 5) is 17.8. The summed E-state index contributed by atoms with van der Waals surface area (Å²) >= 11 is 1.32. The molecule has 5 heteroatoms. The fraction of sp³-hybridized carbons (Fsp3) is 0.333. The summed E-state index contributed by atoms with van der Waals surface area (Å²) in [6.07, 6.45) is 5.60. The molecule has 0 fully saturated rings. The Kier molecular flexibility index (Phi) is 1.92. The molecule has 2 rings (SSSR count). The Bertz CT molecular complexity index is 382. The molecule has 4 nitrogen and oxygen atoms in total. The average molecular weight is 209 g/mol. The molecule has 0 saturated carbocycles. The van der Waals surface area contributed by atoms with Crippen molar-refractivity contribution >= 4 is 22.8 Å². The molecule has 1 amide bonds. The number of nitrogens with two attached hydrogens (primary N) is 1. The van der Waals surface area contributed by atoms with Crippen molar-refractivity contribution < 1.29 is 4.79 Å². The first-order valence-corrected chi connectivity index (χ1v) is 5.07. The lowest BCUT2D eigenvalue weighted by Crippen LogP contribution is -2.26. The molecule has 0 radical (unpaired) electrons. The average Bonchev–Trinajstić information content (AvgIpc) is 2.45. The van der Waals surface area contributed by atoms with Crippen LogP contribution in [-0.2, 0) is 4.79 Å². The minimum atomic E-state index is -0.404. The number of amidine groups is 1. The number of nitrogens with zero attached hydrogens (tertiary/aromatic N) is 2. The molecule has 74 valence electrons. The fourth-order valence-corrected chi connectivity index (χ4v) is 2.17. The number of hydrogen-bond acceptors (Lipinski definition) is 4. The van der Waals surface area contributed by atoms with Crippen molar-refractivity contribution in [1.29, 1.82) is 0 Å². The lowest BCUT2D eigenvalue weighted by atomic mass is 10.1. The summed E-state index contributed by atoms with van der Waals surface area (Å²) in [6.45, 7) is 4.02. The van der Waals surface area contributed by atoms with Crippen LogP contribution < -0.4 is 5.73 Å². The molecule has 0 bridgehead atoms. The molecule has 2 heterocycles. The number of amides is 1. The molecule has 0 aromatic heterocycles. The van der Waals surface area contributed by atoms with Gasteiger partial charge in [-0.3, -0.25) is 9.79 Å². The van der Waals surface area contributed by atoms with E-state index in [2.05, 4.69) is 4.99 Å². The molecular formula is C9H11N3OS. The monoisotopic (exact) mass is 209 g/mol. The Morgan fingerprint density at radius 3 is 3.00 bits per heavy atom. The molecule has 2 aliphatic heterocycles. The minimum absolute atomic E-state index is 0.195. The van der Waals surface area contributed by atoms with E-state index >= 15 is 0 Å². The Hall–Kier alpha value is -1.23. The van der Waals surface area contributed by atoms with Crippen molar-refractivity contribution in [3.63, 3.8) is 0 Å². The van der Waals surface area contributed by atoms with Crippen LogP contribution in [-0.4, -0.2) is 21.5 Å². The predicted molar refractivity (Wildman–Crippen MR) is 57.4 cm³/mol. The highest BCUT2D eigenvalue weighted by atomic mass is 32.2. The number of fused-ring (bicyclic) bond motifs is 1. The Morgan fingerprint density at radius 2 is 2.36 bits per heavy atom. The molecule has 14 heavy (non-hydrogen) atoms. The van der Waals surface area contributed by atoms with Gasteiger partial charge in [0.1, 0.15) is 0 Å². The molecule has 0 saturated heterocycles. The van der Waals surface area contributed by atoms with Gasteiger partial charge in [-0.25, -0.2) is 0 Å². The topological polar surface area (TPSA) is 58.7 Å². The molecule has 2 aliphatic rings. The second-order valence-electron chi connectivity index (χ2n) is 3.73. The van der Waals surface area contributed by atoms with Gasteiger partial charge in [0.25, 0.3) is 5.91 Å². The highest BCUT2D eigenvalue weighted by molar-refractivity contribution is 8.18. The van der Waals surface area contributed by atoms with Gasteiger partial charge in [-0.05, 0) is 31.7 Å². The lowest BCUT2D eigenvalue weighted by molar-refractivity contribution is -0.113. The first-order chi connectivity index (χ1) is 6.48. The van der Waals surface area contributed by atoms with Gasteiger partial charge in [-0.2, -0.15) is 0 Å². The zero-order valence-corrected chi connectivity index (χ0v) is 8.84. The van der Waals surface area contributed by atoms with Gasteiger partial charge in [0.2, 0.25) is 0 Å². The second-order valence-corrected chi connectivity index (χ2v) is 4.74. The minimum Gasteiger partial charge on any atom is -0.365 e. The van der Waals surface area contributed by atoms with Crippen molar-refractivity contribution in [2.45, 2.75) is 19.4 Å². The van der Waals surface area contributed by atoms with E-state index in [1.165, 1.54) is 11.8 Å². The van der Waals surface area contributed by atoms with Crippen LogP contribution in [0.15, 0.2) is 28.4 Å². The smallest absolute Gasteiger partial charge is 0.257 e. The highest BCUT2D eigenvalue weighted by Gasteiger charge is 2.28. The van der Waals surface area contributed by atoms with Gasteiger partial charge in [0.15, 0.2) is 5.17 Å². The van der Waals surface area contributed by atoms with Gasteiger partial charge in [-0.1, -0.05) is 0 Å². The molecule has 0 atom stereocenters. The fourth-order valence-electron chi connectivity index (χ4n) is 1.21. The van der Waals surface area contributed by atoms with Crippen LogP contribution in [0.5, 0.6) is 0 Å². The summed E-state index contributed by atoms with van der Waals surface area (Å²) in [7, 11) is 0. The van der Waals surface area contributed by atoms with E-state index in [4.69, 9.17) is 5.73 Å². The maximum atomic E-state index is 10.9. The van der Waals surface area contributed by atoms with Crippen molar-refractivity contribution in [2.75, 3.05) is 0 Å². The number of carbonyl (C=O) groups excluding carboxylic acids is 1. The van der Waals surface area contributed by atoms with Crippen molar-refractivity contribution in [1.82, 2.24) is 4.90 Å². The third-order valence-electron chi connectivity index (χ3n) is 1.95. The molecule has 0 aromatic carbocycles. The standard InChI is InChI=1S/C9H11N3OS/c1-9(2)3-4-12-5-6(7(10)13)14-8(12)11-9/h3-5H,1-2H3,(H2,10,13). The molecule has 0 aliphatic carbocycles. The summed E-state index contributed by atoms with van der Waals surface area (Å²) in [5, 5.41) is 0.811. The quantitative estimate of drug-likeness (QED) is 0.701. The number of rotatable bonds is 1. The normalized spacial score (nSPS) is 22.9. The number of aliphatic imine (C=N–C) groups is 1. The van der Waals surface area contributed by atoms with Crippen LogP contribution in [0, 0.1) is 0 Å². The maximum absolute atomic E-state index is 10.9. The first kappa shape index (κ1) is 9.33. The lowest BCUT2D eigenvalue weighted by Gasteiger charge is -2.24. The number of primary amides is 1. The molecule has 0 unspecified atom stereocenters. The maximum Gasteiger partial charge on any atom is 0.257 e. The van der Waals surface area contributed by atoms with Crippen LogP contribution in [0.25, 0.3) is 0 Å². The van der Waals surface area contributed by atoms with E-state index in [0.29, 0.717) is 4.91 Å². The van der Waals surface area contributed by atoms with E-state index in [0.717, 1.165) is 5.17 Å². The summed E-state index contributed by atoms with van der Waals surface area (Å²) < 4.78 is 0. The Labute approximate surface area is 86.5 Å². The zero-order valence-electron chi connectivity index (χ0n) is 8.02. The summed E-state index contributed by atoms with van der Waals surface area (Å²) in [6, 6.07) is 0. The highest BCUT2D eigenvalue weighted by Crippen LogP contribution is 2.33. The Balaban J connectivity index is 2.28. The van der Waals surface area contributed by atoms with Crippen LogP contribution in [0.2, 0.25) is 0 Å². The van der Waals surface area contributed by atoms with Gasteiger partial charge < -0.3 is 10.6 Å². The van der Waals surface area contributed by atoms with Gasteiger partial charge >= 0.3 is 0 Å². The number of carbonyl (C=O) groups is 1. The molecule has 0 aromatic rings. The van der Waals surface area contributed by atoms with Crippen molar-refractivity contribution in [2.24, 2.45) is 10.7 Å². The number of hydrogen-bond donors (Lipinski definition) is 1. The summed E-state index contributed by atoms with van der Waals surface area (Å²) in [5.41, 5.74) is 4.99. The zero-order chi connectivity index (χ0) is 10.3. The van der Waals surface area contributed by atoms with Gasteiger partial charge in [0.05, 0.1) is 10.4 Å². The van der Waals surface area contributed by atoms with Crippen molar-refractivity contribution in [3.8, 4) is 0 Å². The van der Waals surface area contributed by atoms with Gasteiger partial charge in [-0.15, -0.1) is 0 Å². The van der Waals surface area contributed by atoms with Crippen molar-refractivity contribution in [3.05, 3.63) is 23.4 Å². The van der Waals surface area contributed by atoms with E-state index in [-0.39, 0.29) is 5.54 Å². The predicted octanol–water partition coefficient (Wildman–Crippen LogP) is 1.02. The van der Waals surface area contributed by atoms with Crippen LogP contribution in [0.3, 0.4) is 0 Å². The van der Waals surface area contributed by atoms with E-state index in [1.807, 2.05) is 31.0 Å². The van der Waals surface area contributed by atoms with Crippen LogP contribution in [0.1, 0.15) is 13.8 Å². The van der Waals surface area contributed by atoms with Crippen LogP contribution >= 0.6 is 11.8 Å². The van der Waals surface area contributed by atoms with Crippen LogP contribution in [0.4, 0.5) is 0 Å². The third-order valence-corrected chi connectivity index (χ3v) is 2.96. The molecule has 0 spiro atoms. The van der Waals surface area contributed by atoms with E-state index < -0.39 is 5.91 Å². The third kappa shape index (κ3) is 1.55. The molecule has 2 N–H and O–H groups in total. The Morgan fingerprint density at radius 1 is 1.64 bits per heavy atom. The second kappa shape index (κ2) is 2.88. The molecular weight excluding hydrogens is 198 g/mol.